The molecule has 1 fully saturated rings. The lowest BCUT2D eigenvalue weighted by molar-refractivity contribution is 0.0879. The van der Waals surface area contributed by atoms with E-state index in [1.807, 2.05) is 6.92 Å². The summed E-state index contributed by atoms with van der Waals surface area (Å²) in [7, 11) is 0. The number of halogens is 2. The van der Waals surface area contributed by atoms with Crippen LogP contribution in [-0.4, -0.2) is 24.7 Å². The summed E-state index contributed by atoms with van der Waals surface area (Å²) in [6.45, 7) is 3.64. The minimum absolute atomic E-state index is 0.287. The van der Waals surface area contributed by atoms with Crippen molar-refractivity contribution in [2.24, 2.45) is 5.92 Å². The molecule has 2 atom stereocenters. The van der Waals surface area contributed by atoms with Crippen LogP contribution < -0.4 is 5.32 Å². The van der Waals surface area contributed by atoms with E-state index in [0.717, 1.165) is 12.8 Å². The second-order valence-corrected chi connectivity index (χ2v) is 3.57. The first-order valence-corrected chi connectivity index (χ1v) is 4.81. The second-order valence-electron chi connectivity index (χ2n) is 3.57. The van der Waals surface area contributed by atoms with Crippen LogP contribution in [0.5, 0.6) is 0 Å². The Kier molecular flexibility index (Phi) is 3.29. The number of ether oxygens (including phenoxy) is 1. The van der Waals surface area contributed by atoms with E-state index >= 15 is 0 Å². The van der Waals surface area contributed by atoms with Crippen LogP contribution in [-0.2, 0) is 4.74 Å². The van der Waals surface area contributed by atoms with Crippen LogP contribution in [0.3, 0.4) is 0 Å². The quantitative estimate of drug-likeness (QED) is 0.717. The molecular weight excluding hydrogens is 192 g/mol. The Balaban J connectivity index is 2.16. The first-order chi connectivity index (χ1) is 6.50. The molecule has 14 heavy (non-hydrogen) atoms. The third-order valence-corrected chi connectivity index (χ3v) is 2.42. The lowest BCUT2D eigenvalue weighted by Crippen LogP contribution is -2.30. The monoisotopic (exact) mass is 207 g/mol. The average molecular weight is 207 g/mol. The summed E-state index contributed by atoms with van der Waals surface area (Å²) in [5.74, 6) is -3.54. The SMILES string of the molecule is CCCCOC(=O)NC1C(C)C1(F)F. The molecule has 5 heteroatoms. The highest BCUT2D eigenvalue weighted by atomic mass is 19.3. The zero-order chi connectivity index (χ0) is 10.8. The summed E-state index contributed by atoms with van der Waals surface area (Å²) in [6, 6.07) is -1.04. The van der Waals surface area contributed by atoms with E-state index in [0.29, 0.717) is 0 Å². The van der Waals surface area contributed by atoms with Crippen molar-refractivity contribution in [3.8, 4) is 0 Å². The number of hydrogen-bond acceptors (Lipinski definition) is 2. The van der Waals surface area contributed by atoms with Gasteiger partial charge < -0.3 is 10.1 Å². The lowest BCUT2D eigenvalue weighted by Gasteiger charge is -2.04. The van der Waals surface area contributed by atoms with Crippen LogP contribution in [0, 0.1) is 5.92 Å². The minimum atomic E-state index is -2.76. The van der Waals surface area contributed by atoms with Gasteiger partial charge in [0.2, 0.25) is 0 Å². The molecule has 0 aromatic carbocycles. The van der Waals surface area contributed by atoms with Crippen molar-refractivity contribution >= 4 is 6.09 Å². The number of hydrogen-bond donors (Lipinski definition) is 1. The van der Waals surface area contributed by atoms with Gasteiger partial charge in [-0.2, -0.15) is 0 Å². The van der Waals surface area contributed by atoms with Crippen LogP contribution in [0.15, 0.2) is 0 Å². The molecular formula is C9H15F2NO2. The predicted octanol–water partition coefficient (Wildman–Crippen LogP) is 2.17. The highest BCUT2D eigenvalue weighted by molar-refractivity contribution is 5.68. The topological polar surface area (TPSA) is 38.3 Å². The molecule has 0 aromatic rings. The number of rotatable bonds is 4. The Morgan fingerprint density at radius 2 is 2.14 bits per heavy atom. The van der Waals surface area contributed by atoms with Crippen LogP contribution >= 0.6 is 0 Å². The van der Waals surface area contributed by atoms with Gasteiger partial charge in [-0.3, -0.25) is 0 Å². The summed E-state index contributed by atoms with van der Waals surface area (Å²) in [5, 5.41) is 2.14. The number of alkyl carbamates (subject to hydrolysis) is 1. The molecule has 82 valence electrons. The van der Waals surface area contributed by atoms with Gasteiger partial charge in [0.15, 0.2) is 0 Å². The Labute approximate surface area is 81.8 Å². The third-order valence-electron chi connectivity index (χ3n) is 2.42. The van der Waals surface area contributed by atoms with E-state index < -0.39 is 24.0 Å². The van der Waals surface area contributed by atoms with Crippen molar-refractivity contribution < 1.29 is 18.3 Å². The van der Waals surface area contributed by atoms with Crippen LogP contribution in [0.25, 0.3) is 0 Å². The molecule has 1 rings (SSSR count). The van der Waals surface area contributed by atoms with E-state index in [2.05, 4.69) is 5.32 Å². The maximum Gasteiger partial charge on any atom is 0.407 e. The molecule has 1 saturated carbocycles. The van der Waals surface area contributed by atoms with Crippen molar-refractivity contribution in [3.05, 3.63) is 0 Å². The molecule has 0 aliphatic heterocycles. The minimum Gasteiger partial charge on any atom is -0.450 e. The number of unbranched alkanes of at least 4 members (excludes halogenated alkanes) is 1. The zero-order valence-electron chi connectivity index (χ0n) is 8.35. The van der Waals surface area contributed by atoms with Gasteiger partial charge in [0.25, 0.3) is 5.92 Å². The first-order valence-electron chi connectivity index (χ1n) is 4.81. The standard InChI is InChI=1S/C9H15F2NO2/c1-3-4-5-14-8(13)12-7-6(2)9(7,10)11/h6-7H,3-5H2,1-2H3,(H,12,13). The van der Waals surface area contributed by atoms with E-state index in [9.17, 15) is 13.6 Å². The number of carbonyl (C=O) groups excluding carboxylic acids is 1. The molecule has 1 aliphatic carbocycles. The van der Waals surface area contributed by atoms with Crippen LogP contribution in [0.4, 0.5) is 13.6 Å². The van der Waals surface area contributed by atoms with E-state index in [4.69, 9.17) is 4.74 Å². The normalized spacial score (nSPS) is 28.3. The van der Waals surface area contributed by atoms with Gasteiger partial charge in [0.05, 0.1) is 6.61 Å². The van der Waals surface area contributed by atoms with Gasteiger partial charge in [-0.05, 0) is 6.42 Å². The van der Waals surface area contributed by atoms with Crippen molar-refractivity contribution in [2.45, 2.75) is 38.7 Å². The fourth-order valence-corrected chi connectivity index (χ4v) is 1.18. The number of amides is 1. The van der Waals surface area contributed by atoms with Gasteiger partial charge in [-0.1, -0.05) is 20.3 Å². The highest BCUT2D eigenvalue weighted by Gasteiger charge is 2.66. The zero-order valence-corrected chi connectivity index (χ0v) is 8.35. The smallest absolute Gasteiger partial charge is 0.407 e. The van der Waals surface area contributed by atoms with E-state index in [-0.39, 0.29) is 6.61 Å². The van der Waals surface area contributed by atoms with E-state index in [1.54, 1.807) is 0 Å². The van der Waals surface area contributed by atoms with Crippen LogP contribution in [0.2, 0.25) is 0 Å². The maximum atomic E-state index is 12.7. The first kappa shape index (κ1) is 11.2. The molecule has 0 bridgehead atoms. The number of alkyl halides is 2. The second kappa shape index (κ2) is 4.11. The number of nitrogens with one attached hydrogen (secondary N) is 1. The summed E-state index contributed by atoms with van der Waals surface area (Å²) >= 11 is 0. The molecule has 1 N–H and O–H groups in total. The lowest BCUT2D eigenvalue weighted by atomic mass is 10.4. The summed E-state index contributed by atoms with van der Waals surface area (Å²) < 4.78 is 30.0. The molecule has 0 aromatic heterocycles. The molecule has 1 amide bonds. The molecule has 1 aliphatic rings. The Bertz CT molecular complexity index is 221. The van der Waals surface area contributed by atoms with E-state index in [1.165, 1.54) is 6.92 Å². The fourth-order valence-electron chi connectivity index (χ4n) is 1.18. The molecule has 2 unspecified atom stereocenters. The number of carbonyl (C=O) groups is 1. The van der Waals surface area contributed by atoms with Crippen molar-refractivity contribution in [3.63, 3.8) is 0 Å². The van der Waals surface area contributed by atoms with Crippen molar-refractivity contribution in [1.82, 2.24) is 5.32 Å². The largest absolute Gasteiger partial charge is 0.450 e. The Morgan fingerprint density at radius 3 is 2.57 bits per heavy atom. The summed E-state index contributed by atoms with van der Waals surface area (Å²) in [4.78, 5) is 10.9. The molecule has 0 saturated heterocycles. The van der Waals surface area contributed by atoms with Gasteiger partial charge in [-0.15, -0.1) is 0 Å². The molecule has 0 spiro atoms. The Morgan fingerprint density at radius 1 is 1.57 bits per heavy atom. The summed E-state index contributed by atoms with van der Waals surface area (Å²) in [6.07, 6.45) is 0.917. The Hall–Kier alpha value is -0.870. The highest BCUT2D eigenvalue weighted by Crippen LogP contribution is 2.48. The van der Waals surface area contributed by atoms with Crippen molar-refractivity contribution in [1.29, 1.82) is 0 Å². The molecule has 0 radical (unpaired) electrons. The maximum absolute atomic E-state index is 12.7. The predicted molar refractivity (Wildman–Crippen MR) is 47.3 cm³/mol. The van der Waals surface area contributed by atoms with Gasteiger partial charge in [-0.25, -0.2) is 13.6 Å². The molecule has 0 heterocycles. The molecule has 3 nitrogen and oxygen atoms in total. The van der Waals surface area contributed by atoms with Gasteiger partial charge in [0.1, 0.15) is 6.04 Å². The van der Waals surface area contributed by atoms with Crippen LogP contribution in [0.1, 0.15) is 26.7 Å². The summed E-state index contributed by atoms with van der Waals surface area (Å²) in [5.41, 5.74) is 0. The van der Waals surface area contributed by atoms with Crippen molar-refractivity contribution in [2.75, 3.05) is 6.61 Å². The van der Waals surface area contributed by atoms with Gasteiger partial charge >= 0.3 is 6.09 Å². The fraction of sp³-hybridized carbons (Fsp3) is 0.889. The average Bonchev–Trinajstić information content (AvgIpc) is 2.56. The van der Waals surface area contributed by atoms with Gasteiger partial charge in [0, 0.05) is 5.92 Å². The third kappa shape index (κ3) is 2.33.